The second-order valence-corrected chi connectivity index (χ2v) is 5.50. The predicted molar refractivity (Wildman–Crippen MR) is 80.2 cm³/mol. The Balaban J connectivity index is 3.08. The number of nitrogen functional groups attached to an aromatic ring is 1. The molecule has 1 aromatic heterocycles. The summed E-state index contributed by atoms with van der Waals surface area (Å²) in [7, 11) is 0. The lowest BCUT2D eigenvalue weighted by atomic mass is 10.1. The van der Waals surface area contributed by atoms with Crippen LogP contribution in [0.1, 0.15) is 40.5 Å². The molecule has 0 unspecified atom stereocenters. The maximum atomic E-state index is 6.28. The van der Waals surface area contributed by atoms with E-state index in [1.165, 1.54) is 0 Å². The molecule has 0 amide bonds. The van der Waals surface area contributed by atoms with Crippen LogP contribution < -0.4 is 10.6 Å². The van der Waals surface area contributed by atoms with Gasteiger partial charge in [0.05, 0.1) is 16.9 Å². The van der Waals surface area contributed by atoms with Crippen LogP contribution in [0.4, 0.5) is 11.5 Å². The minimum absolute atomic E-state index is 0.473. The van der Waals surface area contributed by atoms with Crippen LogP contribution >= 0.6 is 11.6 Å². The lowest BCUT2D eigenvalue weighted by Gasteiger charge is -2.33. The molecule has 0 aliphatic carbocycles. The van der Waals surface area contributed by atoms with Gasteiger partial charge >= 0.3 is 0 Å². The number of anilines is 2. The normalized spacial score (nSPS) is 11.3. The molecule has 1 aromatic rings. The lowest BCUT2D eigenvalue weighted by Crippen LogP contribution is -2.38. The number of nitrogens with zero attached hydrogens (tertiary/aromatic N) is 2. The van der Waals surface area contributed by atoms with Crippen LogP contribution in [0.2, 0.25) is 5.02 Å². The monoisotopic (exact) mass is 269 g/mol. The van der Waals surface area contributed by atoms with Crippen molar-refractivity contribution in [1.29, 1.82) is 0 Å². The third kappa shape index (κ3) is 3.77. The number of halogens is 1. The van der Waals surface area contributed by atoms with E-state index in [1.54, 1.807) is 12.3 Å². The molecule has 4 heteroatoms. The molecule has 0 saturated carbocycles. The number of pyridine rings is 1. The van der Waals surface area contributed by atoms with Gasteiger partial charge in [-0.1, -0.05) is 39.3 Å². The molecule has 102 valence electrons. The van der Waals surface area contributed by atoms with Crippen molar-refractivity contribution < 1.29 is 0 Å². The first-order valence-electron chi connectivity index (χ1n) is 6.67. The second-order valence-electron chi connectivity index (χ2n) is 5.09. The van der Waals surface area contributed by atoms with Crippen LogP contribution in [-0.2, 0) is 0 Å². The molecule has 2 N–H and O–H groups in total. The number of hydrogen-bond donors (Lipinski definition) is 1. The Morgan fingerprint density at radius 1 is 1.33 bits per heavy atom. The van der Waals surface area contributed by atoms with Gasteiger partial charge in [-0.3, -0.25) is 0 Å². The molecule has 0 aliphatic heterocycles. The van der Waals surface area contributed by atoms with E-state index in [4.69, 9.17) is 17.3 Å². The SMILES string of the molecule is CCC(CC)N(CC(C)C)c1ncc(N)cc1Cl. The Labute approximate surface area is 115 Å². The van der Waals surface area contributed by atoms with E-state index in [9.17, 15) is 0 Å². The van der Waals surface area contributed by atoms with E-state index < -0.39 is 0 Å². The average molecular weight is 270 g/mol. The Morgan fingerprint density at radius 3 is 2.39 bits per heavy atom. The molecule has 0 bridgehead atoms. The fourth-order valence-corrected chi connectivity index (χ4v) is 2.47. The van der Waals surface area contributed by atoms with Crippen molar-refractivity contribution in [2.24, 2.45) is 5.92 Å². The summed E-state index contributed by atoms with van der Waals surface area (Å²) in [6.07, 6.45) is 3.86. The fourth-order valence-electron chi connectivity index (χ4n) is 2.19. The molecule has 1 heterocycles. The Hall–Kier alpha value is -0.960. The Kier molecular flexibility index (Phi) is 5.73. The molecule has 3 nitrogen and oxygen atoms in total. The minimum atomic E-state index is 0.473. The maximum absolute atomic E-state index is 6.28. The molecular formula is C14H24ClN3. The van der Waals surface area contributed by atoms with E-state index >= 15 is 0 Å². The Morgan fingerprint density at radius 2 is 1.94 bits per heavy atom. The summed E-state index contributed by atoms with van der Waals surface area (Å²) in [5, 5.41) is 0.641. The largest absolute Gasteiger partial charge is 0.397 e. The molecule has 0 aromatic carbocycles. The van der Waals surface area contributed by atoms with Gasteiger partial charge in [-0.2, -0.15) is 0 Å². The highest BCUT2D eigenvalue weighted by Crippen LogP contribution is 2.28. The van der Waals surface area contributed by atoms with Crippen molar-refractivity contribution in [2.75, 3.05) is 17.2 Å². The van der Waals surface area contributed by atoms with E-state index in [2.05, 4.69) is 37.6 Å². The van der Waals surface area contributed by atoms with Crippen molar-refractivity contribution in [3.8, 4) is 0 Å². The first kappa shape index (κ1) is 15.1. The van der Waals surface area contributed by atoms with Gasteiger partial charge < -0.3 is 10.6 Å². The van der Waals surface area contributed by atoms with Gasteiger partial charge in [0.1, 0.15) is 5.82 Å². The van der Waals surface area contributed by atoms with E-state index in [-0.39, 0.29) is 0 Å². The zero-order chi connectivity index (χ0) is 13.7. The van der Waals surface area contributed by atoms with Gasteiger partial charge in [0, 0.05) is 12.6 Å². The zero-order valence-corrected chi connectivity index (χ0v) is 12.5. The predicted octanol–water partition coefficient (Wildman–Crippen LogP) is 3.97. The topological polar surface area (TPSA) is 42.2 Å². The lowest BCUT2D eigenvalue weighted by molar-refractivity contribution is 0.503. The fraction of sp³-hybridized carbons (Fsp3) is 0.643. The highest BCUT2D eigenvalue weighted by atomic mass is 35.5. The minimum Gasteiger partial charge on any atom is -0.397 e. The molecule has 1 rings (SSSR count). The molecular weight excluding hydrogens is 246 g/mol. The summed E-state index contributed by atoms with van der Waals surface area (Å²) >= 11 is 6.28. The van der Waals surface area contributed by atoms with Gasteiger partial charge in [-0.05, 0) is 24.8 Å². The summed E-state index contributed by atoms with van der Waals surface area (Å²) in [6, 6.07) is 2.25. The average Bonchev–Trinajstić information content (AvgIpc) is 2.29. The molecule has 0 radical (unpaired) electrons. The van der Waals surface area contributed by atoms with Crippen LogP contribution in [-0.4, -0.2) is 17.6 Å². The molecule has 18 heavy (non-hydrogen) atoms. The third-order valence-electron chi connectivity index (χ3n) is 3.06. The van der Waals surface area contributed by atoms with Crippen LogP contribution in [0, 0.1) is 5.92 Å². The molecule has 0 aliphatic rings. The van der Waals surface area contributed by atoms with Crippen molar-refractivity contribution in [1.82, 2.24) is 4.98 Å². The van der Waals surface area contributed by atoms with Crippen LogP contribution in [0.15, 0.2) is 12.3 Å². The standard InChI is InChI=1S/C14H24ClN3/c1-5-12(6-2)18(9-10(3)4)14-13(15)7-11(16)8-17-14/h7-8,10,12H,5-6,9,16H2,1-4H3. The summed E-state index contributed by atoms with van der Waals surface area (Å²) < 4.78 is 0. The quantitative estimate of drug-likeness (QED) is 0.850. The van der Waals surface area contributed by atoms with Gasteiger partial charge in [0.2, 0.25) is 0 Å². The second kappa shape index (κ2) is 6.83. The van der Waals surface area contributed by atoms with Crippen molar-refractivity contribution in [3.05, 3.63) is 17.3 Å². The van der Waals surface area contributed by atoms with Crippen LogP contribution in [0.5, 0.6) is 0 Å². The molecule has 0 spiro atoms. The number of nitrogens with two attached hydrogens (primary N) is 1. The van der Waals surface area contributed by atoms with Crippen LogP contribution in [0.3, 0.4) is 0 Å². The summed E-state index contributed by atoms with van der Waals surface area (Å²) in [5.41, 5.74) is 6.31. The molecule has 0 fully saturated rings. The van der Waals surface area contributed by atoms with Gasteiger partial charge in [-0.15, -0.1) is 0 Å². The number of hydrogen-bond acceptors (Lipinski definition) is 3. The van der Waals surface area contributed by atoms with Crippen molar-refractivity contribution >= 4 is 23.1 Å². The van der Waals surface area contributed by atoms with E-state index in [0.29, 0.717) is 22.7 Å². The number of aromatic nitrogens is 1. The zero-order valence-electron chi connectivity index (χ0n) is 11.8. The highest BCUT2D eigenvalue weighted by molar-refractivity contribution is 6.33. The smallest absolute Gasteiger partial charge is 0.147 e. The van der Waals surface area contributed by atoms with Gasteiger partial charge in [0.25, 0.3) is 0 Å². The molecule has 0 atom stereocenters. The van der Waals surface area contributed by atoms with E-state index in [1.807, 2.05) is 0 Å². The first-order valence-corrected chi connectivity index (χ1v) is 7.05. The molecule has 0 saturated heterocycles. The number of rotatable bonds is 6. The summed E-state index contributed by atoms with van der Waals surface area (Å²) in [6.45, 7) is 9.78. The van der Waals surface area contributed by atoms with Crippen molar-refractivity contribution in [2.45, 2.75) is 46.6 Å². The van der Waals surface area contributed by atoms with Crippen LogP contribution in [0.25, 0.3) is 0 Å². The summed E-state index contributed by atoms with van der Waals surface area (Å²) in [4.78, 5) is 6.73. The third-order valence-corrected chi connectivity index (χ3v) is 3.34. The maximum Gasteiger partial charge on any atom is 0.147 e. The summed E-state index contributed by atoms with van der Waals surface area (Å²) in [5.74, 6) is 1.43. The highest BCUT2D eigenvalue weighted by Gasteiger charge is 2.20. The Bertz CT molecular complexity index is 375. The van der Waals surface area contributed by atoms with Gasteiger partial charge in [-0.25, -0.2) is 4.98 Å². The van der Waals surface area contributed by atoms with E-state index in [0.717, 1.165) is 25.2 Å². The van der Waals surface area contributed by atoms with Crippen molar-refractivity contribution in [3.63, 3.8) is 0 Å². The van der Waals surface area contributed by atoms with Gasteiger partial charge in [0.15, 0.2) is 0 Å². The first-order chi connectivity index (χ1) is 8.49.